The van der Waals surface area contributed by atoms with Crippen LogP contribution in [0.4, 0.5) is 5.95 Å². The highest BCUT2D eigenvalue weighted by Crippen LogP contribution is 2.19. The molecule has 0 radical (unpaired) electrons. The fraction of sp³-hybridized carbons (Fsp3) is 0.571. The molecule has 21 heavy (non-hydrogen) atoms. The Balaban J connectivity index is 1.88. The minimum atomic E-state index is -0.214. The van der Waals surface area contributed by atoms with E-state index in [1.165, 1.54) is 6.92 Å². The van der Waals surface area contributed by atoms with Crippen LogP contribution in [0.5, 0.6) is 0 Å². The highest BCUT2D eigenvalue weighted by Gasteiger charge is 2.34. The van der Waals surface area contributed by atoms with Crippen LogP contribution in [0.25, 0.3) is 0 Å². The standard InChI is InChI=1S/C14H18N4O3/c1-8-12(9(2)19)3-15-14(16-8)18-4-10-6-21-7-11(5-18)17-13(10)20/h3,10-11H,4-7H2,1-2H3,(H,17,20)/t10-,11+/m1/s1. The van der Waals surface area contributed by atoms with Gasteiger partial charge in [-0.3, -0.25) is 9.59 Å². The number of Topliss-reactive ketones (excluding diaryl/α,β-unsaturated/α-hetero) is 1. The number of carbonyl (C=O) groups excluding carboxylic acids is 2. The molecule has 2 atom stereocenters. The summed E-state index contributed by atoms with van der Waals surface area (Å²) in [6.07, 6.45) is 1.56. The zero-order valence-corrected chi connectivity index (χ0v) is 12.1. The maximum absolute atomic E-state index is 12.0. The topological polar surface area (TPSA) is 84.4 Å². The average molecular weight is 290 g/mol. The summed E-state index contributed by atoms with van der Waals surface area (Å²) < 4.78 is 5.49. The molecule has 3 rings (SSSR count). The van der Waals surface area contributed by atoms with Gasteiger partial charge in [0.1, 0.15) is 0 Å². The van der Waals surface area contributed by atoms with Crippen LogP contribution in [0.1, 0.15) is 23.0 Å². The number of aromatic nitrogens is 2. The third-order valence-electron chi connectivity index (χ3n) is 3.87. The maximum Gasteiger partial charge on any atom is 0.227 e. The molecule has 7 nitrogen and oxygen atoms in total. The van der Waals surface area contributed by atoms with Crippen molar-refractivity contribution in [2.45, 2.75) is 19.9 Å². The molecule has 2 bridgehead atoms. The summed E-state index contributed by atoms with van der Waals surface area (Å²) in [4.78, 5) is 34.1. The van der Waals surface area contributed by atoms with Crippen LogP contribution in [0.3, 0.4) is 0 Å². The van der Waals surface area contributed by atoms with Gasteiger partial charge in [-0.05, 0) is 13.8 Å². The molecule has 0 spiro atoms. The number of nitrogens with zero attached hydrogens (tertiary/aromatic N) is 3. The van der Waals surface area contributed by atoms with E-state index in [0.29, 0.717) is 43.5 Å². The summed E-state index contributed by atoms with van der Waals surface area (Å²) in [5, 5.41) is 2.97. The number of amides is 1. The van der Waals surface area contributed by atoms with E-state index in [-0.39, 0.29) is 23.7 Å². The van der Waals surface area contributed by atoms with Crippen molar-refractivity contribution in [1.29, 1.82) is 0 Å². The van der Waals surface area contributed by atoms with Gasteiger partial charge in [-0.15, -0.1) is 0 Å². The van der Waals surface area contributed by atoms with Crippen LogP contribution >= 0.6 is 0 Å². The van der Waals surface area contributed by atoms with Gasteiger partial charge in [0.2, 0.25) is 11.9 Å². The number of aryl methyl sites for hydroxylation is 1. The van der Waals surface area contributed by atoms with Crippen molar-refractivity contribution in [3.63, 3.8) is 0 Å². The molecule has 112 valence electrons. The minimum absolute atomic E-state index is 0.0251. The van der Waals surface area contributed by atoms with Crippen LogP contribution in [0.2, 0.25) is 0 Å². The SMILES string of the molecule is CC(=O)c1cnc(N2C[C@H]3COC[C@@H](C2)C(=O)N3)nc1C. The Morgan fingerprint density at radius 3 is 2.95 bits per heavy atom. The number of rotatable bonds is 2. The van der Waals surface area contributed by atoms with E-state index >= 15 is 0 Å². The summed E-state index contributed by atoms with van der Waals surface area (Å²) in [6.45, 7) is 5.36. The Morgan fingerprint density at radius 2 is 2.24 bits per heavy atom. The van der Waals surface area contributed by atoms with E-state index in [1.807, 2.05) is 4.90 Å². The zero-order valence-electron chi connectivity index (χ0n) is 12.1. The lowest BCUT2D eigenvalue weighted by Crippen LogP contribution is -2.42. The molecule has 1 N–H and O–H groups in total. The summed E-state index contributed by atoms with van der Waals surface area (Å²) in [5.41, 5.74) is 1.20. The lowest BCUT2D eigenvalue weighted by atomic mass is 10.1. The molecule has 0 aromatic carbocycles. The number of ether oxygens (including phenoxy) is 1. The smallest absolute Gasteiger partial charge is 0.227 e. The number of anilines is 1. The van der Waals surface area contributed by atoms with Crippen molar-refractivity contribution < 1.29 is 14.3 Å². The van der Waals surface area contributed by atoms with Gasteiger partial charge in [-0.2, -0.15) is 0 Å². The first kappa shape index (κ1) is 13.9. The van der Waals surface area contributed by atoms with Gasteiger partial charge in [-0.25, -0.2) is 9.97 Å². The van der Waals surface area contributed by atoms with Gasteiger partial charge >= 0.3 is 0 Å². The fourth-order valence-corrected chi connectivity index (χ4v) is 2.75. The van der Waals surface area contributed by atoms with Crippen molar-refractivity contribution in [1.82, 2.24) is 15.3 Å². The van der Waals surface area contributed by atoms with E-state index in [4.69, 9.17) is 4.74 Å². The summed E-state index contributed by atoms with van der Waals surface area (Å²) in [5.74, 6) is 0.328. The first-order valence-corrected chi connectivity index (χ1v) is 7.02. The van der Waals surface area contributed by atoms with Gasteiger partial charge in [0, 0.05) is 19.3 Å². The molecule has 2 saturated heterocycles. The largest absolute Gasteiger partial charge is 0.378 e. The number of fused-ring (bicyclic) bond motifs is 3. The molecule has 3 heterocycles. The van der Waals surface area contributed by atoms with Gasteiger partial charge < -0.3 is 15.0 Å². The van der Waals surface area contributed by atoms with Crippen LogP contribution in [-0.4, -0.2) is 54.0 Å². The highest BCUT2D eigenvalue weighted by atomic mass is 16.5. The molecule has 2 aliphatic rings. The van der Waals surface area contributed by atoms with E-state index < -0.39 is 0 Å². The average Bonchev–Trinajstić information content (AvgIpc) is 2.66. The molecule has 1 aromatic rings. The van der Waals surface area contributed by atoms with Crippen molar-refractivity contribution >= 4 is 17.6 Å². The van der Waals surface area contributed by atoms with Gasteiger partial charge in [-0.1, -0.05) is 0 Å². The van der Waals surface area contributed by atoms with Crippen molar-refractivity contribution in [3.05, 3.63) is 17.5 Å². The van der Waals surface area contributed by atoms with Crippen LogP contribution in [0, 0.1) is 12.8 Å². The summed E-state index contributed by atoms with van der Waals surface area (Å²) >= 11 is 0. The number of carbonyl (C=O) groups is 2. The summed E-state index contributed by atoms with van der Waals surface area (Å²) in [7, 11) is 0. The maximum atomic E-state index is 12.0. The van der Waals surface area contributed by atoms with E-state index in [1.54, 1.807) is 13.1 Å². The Hall–Kier alpha value is -2.02. The number of hydrogen-bond donors (Lipinski definition) is 1. The second-order valence-electron chi connectivity index (χ2n) is 5.57. The Kier molecular flexibility index (Phi) is 3.59. The molecule has 0 aliphatic carbocycles. The number of hydrogen-bond acceptors (Lipinski definition) is 6. The van der Waals surface area contributed by atoms with Gasteiger partial charge in [0.25, 0.3) is 0 Å². The fourth-order valence-electron chi connectivity index (χ4n) is 2.75. The molecule has 7 heteroatoms. The molecular formula is C14H18N4O3. The van der Waals surface area contributed by atoms with Crippen molar-refractivity contribution in [3.8, 4) is 0 Å². The van der Waals surface area contributed by atoms with Crippen molar-refractivity contribution in [2.24, 2.45) is 5.92 Å². The third-order valence-corrected chi connectivity index (χ3v) is 3.87. The molecule has 0 saturated carbocycles. The normalized spacial score (nSPS) is 25.2. The Bertz CT molecular complexity index is 590. The first-order valence-electron chi connectivity index (χ1n) is 7.02. The Labute approximate surface area is 122 Å². The Morgan fingerprint density at radius 1 is 1.43 bits per heavy atom. The monoisotopic (exact) mass is 290 g/mol. The zero-order chi connectivity index (χ0) is 15.0. The number of ketones is 1. The van der Waals surface area contributed by atoms with E-state index in [0.717, 1.165) is 0 Å². The lowest BCUT2D eigenvalue weighted by molar-refractivity contribution is -0.124. The molecular weight excluding hydrogens is 272 g/mol. The quantitative estimate of drug-likeness (QED) is 0.768. The minimum Gasteiger partial charge on any atom is -0.378 e. The molecule has 2 aliphatic heterocycles. The summed E-state index contributed by atoms with van der Waals surface area (Å²) in [6, 6.07) is -0.0543. The van der Waals surface area contributed by atoms with Gasteiger partial charge in [0.15, 0.2) is 5.78 Å². The van der Waals surface area contributed by atoms with E-state index in [9.17, 15) is 9.59 Å². The predicted octanol–water partition coefficient (Wildman–Crippen LogP) is -0.0612. The van der Waals surface area contributed by atoms with Crippen LogP contribution in [-0.2, 0) is 9.53 Å². The van der Waals surface area contributed by atoms with Crippen LogP contribution < -0.4 is 10.2 Å². The second-order valence-corrected chi connectivity index (χ2v) is 5.57. The molecule has 2 fully saturated rings. The van der Waals surface area contributed by atoms with Crippen molar-refractivity contribution in [2.75, 3.05) is 31.2 Å². The predicted molar refractivity (Wildman–Crippen MR) is 75.2 cm³/mol. The molecule has 1 aromatic heterocycles. The second kappa shape index (κ2) is 5.40. The highest BCUT2D eigenvalue weighted by molar-refractivity contribution is 5.94. The van der Waals surface area contributed by atoms with Crippen LogP contribution in [0.15, 0.2) is 6.20 Å². The van der Waals surface area contributed by atoms with Gasteiger partial charge in [0.05, 0.1) is 36.4 Å². The van der Waals surface area contributed by atoms with E-state index in [2.05, 4.69) is 15.3 Å². The molecule has 0 unspecified atom stereocenters. The third kappa shape index (κ3) is 2.73. The lowest BCUT2D eigenvalue weighted by Gasteiger charge is -2.27. The molecule has 1 amide bonds. The first-order chi connectivity index (χ1) is 10.0. The number of nitrogens with one attached hydrogen (secondary N) is 1.